The molecule has 4 nitrogen and oxygen atoms in total. The van der Waals surface area contributed by atoms with Crippen LogP contribution < -0.4 is 0 Å². The smallest absolute Gasteiger partial charge is 0.362 e. The fourth-order valence-corrected chi connectivity index (χ4v) is 1.90. The topological polar surface area (TPSA) is 52.9 Å². The Morgan fingerprint density at radius 3 is 2.65 bits per heavy atom. The Morgan fingerprint density at radius 2 is 2.10 bits per heavy atom. The van der Waals surface area contributed by atoms with Gasteiger partial charge in [-0.2, -0.15) is 23.3 Å². The van der Waals surface area contributed by atoms with E-state index in [0.717, 1.165) is 18.2 Å². The zero-order valence-corrected chi connectivity index (χ0v) is 10.3. The molecule has 0 aromatic heterocycles. The van der Waals surface area contributed by atoms with Crippen LogP contribution in [0.5, 0.6) is 0 Å². The van der Waals surface area contributed by atoms with E-state index in [1.165, 1.54) is 13.0 Å². The minimum Gasteiger partial charge on any atom is -0.362 e. The third kappa shape index (κ3) is 2.26. The highest BCUT2D eigenvalue weighted by Crippen LogP contribution is 2.40. The first kappa shape index (κ1) is 14.4. The van der Waals surface area contributed by atoms with E-state index in [1.54, 1.807) is 0 Å². The first-order valence-electron chi connectivity index (χ1n) is 5.58. The van der Waals surface area contributed by atoms with E-state index in [0.29, 0.717) is 0 Å². The lowest BCUT2D eigenvalue weighted by atomic mass is 10.1. The molecule has 1 aliphatic heterocycles. The zero-order valence-electron chi connectivity index (χ0n) is 10.3. The van der Waals surface area contributed by atoms with Gasteiger partial charge in [-0.3, -0.25) is 4.79 Å². The Bertz CT molecular complexity index is 585. The molecule has 1 heterocycles. The van der Waals surface area contributed by atoms with Crippen LogP contribution in [0.4, 0.5) is 17.6 Å². The van der Waals surface area contributed by atoms with Crippen molar-refractivity contribution < 1.29 is 27.5 Å². The average molecular weight is 290 g/mol. The summed E-state index contributed by atoms with van der Waals surface area (Å²) in [6.45, 7) is 1.26. The second-order valence-electron chi connectivity index (χ2n) is 4.45. The monoisotopic (exact) mass is 290 g/mol. The average Bonchev–Trinajstić information content (AvgIpc) is 2.64. The van der Waals surface area contributed by atoms with Crippen molar-refractivity contribution in [1.82, 2.24) is 5.01 Å². The number of benzene rings is 1. The zero-order chi connectivity index (χ0) is 15.1. The molecule has 0 radical (unpaired) electrons. The van der Waals surface area contributed by atoms with Crippen LogP contribution in [0.3, 0.4) is 0 Å². The van der Waals surface area contributed by atoms with Crippen LogP contribution in [-0.2, 0) is 0 Å². The molecule has 0 bridgehead atoms. The van der Waals surface area contributed by atoms with Gasteiger partial charge in [0.1, 0.15) is 5.82 Å². The van der Waals surface area contributed by atoms with Gasteiger partial charge in [0.25, 0.3) is 11.6 Å². The number of hydrogen-bond acceptors (Lipinski definition) is 3. The van der Waals surface area contributed by atoms with E-state index in [-0.39, 0.29) is 16.3 Å². The van der Waals surface area contributed by atoms with Crippen LogP contribution in [0.2, 0.25) is 0 Å². The van der Waals surface area contributed by atoms with Crippen molar-refractivity contribution in [3.05, 3.63) is 35.6 Å². The van der Waals surface area contributed by atoms with Crippen molar-refractivity contribution in [3.63, 3.8) is 0 Å². The number of carbonyl (C=O) groups excluding carboxylic acids is 1. The highest BCUT2D eigenvalue weighted by molar-refractivity contribution is 5.97. The fourth-order valence-electron chi connectivity index (χ4n) is 1.90. The molecule has 0 fully saturated rings. The van der Waals surface area contributed by atoms with Crippen molar-refractivity contribution in [1.29, 1.82) is 0 Å². The van der Waals surface area contributed by atoms with Gasteiger partial charge in [0.05, 0.1) is 0 Å². The molecule has 0 saturated carbocycles. The van der Waals surface area contributed by atoms with E-state index >= 15 is 0 Å². The maximum absolute atomic E-state index is 13.0. The summed E-state index contributed by atoms with van der Waals surface area (Å²) in [5, 5.41) is 13.1. The van der Waals surface area contributed by atoms with Crippen LogP contribution in [0.15, 0.2) is 29.4 Å². The summed E-state index contributed by atoms with van der Waals surface area (Å²) < 4.78 is 51.8. The second-order valence-corrected chi connectivity index (χ2v) is 4.45. The van der Waals surface area contributed by atoms with E-state index in [1.807, 2.05) is 0 Å². The minimum atomic E-state index is -5.07. The summed E-state index contributed by atoms with van der Waals surface area (Å²) in [5.74, 6) is -1.99. The van der Waals surface area contributed by atoms with E-state index in [9.17, 15) is 27.5 Å². The number of halogens is 4. The highest BCUT2D eigenvalue weighted by atomic mass is 19.4. The molecule has 8 heteroatoms. The molecule has 1 N–H and O–H groups in total. The number of hydrogen-bond donors (Lipinski definition) is 1. The molecular weight excluding hydrogens is 280 g/mol. The van der Waals surface area contributed by atoms with E-state index in [2.05, 4.69) is 5.10 Å². The summed E-state index contributed by atoms with van der Waals surface area (Å²) in [6, 6.07) is 4.15. The van der Waals surface area contributed by atoms with Gasteiger partial charge in [0.15, 0.2) is 0 Å². The lowest BCUT2D eigenvalue weighted by Gasteiger charge is -2.32. The predicted molar refractivity (Wildman–Crippen MR) is 61.3 cm³/mol. The van der Waals surface area contributed by atoms with Gasteiger partial charge in [-0.05, 0) is 25.1 Å². The summed E-state index contributed by atoms with van der Waals surface area (Å²) >= 11 is 0. The van der Waals surface area contributed by atoms with Crippen molar-refractivity contribution in [3.8, 4) is 0 Å². The minimum absolute atomic E-state index is 0.0445. The first-order valence-corrected chi connectivity index (χ1v) is 5.58. The normalized spacial score (nSPS) is 22.9. The maximum Gasteiger partial charge on any atom is 0.438 e. The summed E-state index contributed by atoms with van der Waals surface area (Å²) in [5.41, 5.74) is -3.78. The van der Waals surface area contributed by atoms with Crippen molar-refractivity contribution >= 4 is 11.6 Å². The quantitative estimate of drug-likeness (QED) is 0.807. The lowest BCUT2D eigenvalue weighted by Crippen LogP contribution is -2.56. The Balaban J connectivity index is 2.42. The Hall–Kier alpha value is -1.96. The van der Waals surface area contributed by atoms with Gasteiger partial charge in [-0.15, -0.1) is 0 Å². The molecule has 2 rings (SSSR count). The lowest BCUT2D eigenvalue weighted by molar-refractivity contribution is -0.297. The maximum atomic E-state index is 13.0. The van der Waals surface area contributed by atoms with E-state index in [4.69, 9.17) is 0 Å². The SMILES string of the molecule is CC1=NN(C(=O)c2cccc(F)c2)[C@@](O)(C(F)(F)F)C1. The van der Waals surface area contributed by atoms with Crippen molar-refractivity contribution in [2.75, 3.05) is 0 Å². The number of hydrazone groups is 1. The number of rotatable bonds is 1. The third-order valence-corrected chi connectivity index (χ3v) is 2.84. The molecule has 0 unspecified atom stereocenters. The molecule has 20 heavy (non-hydrogen) atoms. The Morgan fingerprint density at radius 1 is 1.45 bits per heavy atom. The van der Waals surface area contributed by atoms with Gasteiger partial charge in [0.2, 0.25) is 0 Å². The summed E-state index contributed by atoms with van der Waals surface area (Å²) in [6.07, 6.45) is -5.91. The largest absolute Gasteiger partial charge is 0.438 e. The van der Waals surface area contributed by atoms with Crippen molar-refractivity contribution in [2.24, 2.45) is 5.10 Å². The number of aliphatic hydroxyl groups is 1. The predicted octanol–water partition coefficient (Wildman–Crippen LogP) is 2.30. The van der Waals surface area contributed by atoms with Crippen LogP contribution in [0.1, 0.15) is 23.7 Å². The van der Waals surface area contributed by atoms with Crippen molar-refractivity contribution in [2.45, 2.75) is 25.2 Å². The number of nitrogens with zero attached hydrogens (tertiary/aromatic N) is 2. The fraction of sp³-hybridized carbons (Fsp3) is 0.333. The molecule has 1 aromatic rings. The Labute approximate surface area is 111 Å². The van der Waals surface area contributed by atoms with Gasteiger partial charge >= 0.3 is 6.18 Å². The van der Waals surface area contributed by atoms with E-state index < -0.39 is 30.0 Å². The number of alkyl halides is 3. The van der Waals surface area contributed by atoms with Crippen LogP contribution in [0, 0.1) is 5.82 Å². The molecular formula is C12H10F4N2O2. The van der Waals surface area contributed by atoms with Crippen LogP contribution in [-0.4, -0.2) is 33.6 Å². The molecule has 1 aliphatic rings. The Kier molecular flexibility index (Phi) is 3.29. The number of amides is 1. The van der Waals surface area contributed by atoms with Gasteiger partial charge < -0.3 is 5.11 Å². The molecule has 108 valence electrons. The standard InChI is InChI=1S/C12H10F4N2O2/c1-7-6-11(20,12(14,15)16)18(17-7)10(19)8-3-2-4-9(13)5-8/h2-5,20H,6H2,1H3/t11-/m0/s1. The molecule has 1 aromatic carbocycles. The highest BCUT2D eigenvalue weighted by Gasteiger charge is 2.62. The second kappa shape index (κ2) is 4.55. The molecule has 0 spiro atoms. The molecule has 1 atom stereocenters. The molecule has 1 amide bonds. The third-order valence-electron chi connectivity index (χ3n) is 2.84. The van der Waals surface area contributed by atoms with Gasteiger partial charge in [-0.1, -0.05) is 6.07 Å². The van der Waals surface area contributed by atoms with Crippen LogP contribution in [0.25, 0.3) is 0 Å². The molecule has 0 saturated heterocycles. The summed E-state index contributed by atoms with van der Waals surface area (Å²) in [4.78, 5) is 12.0. The van der Waals surface area contributed by atoms with Gasteiger partial charge in [-0.25, -0.2) is 4.39 Å². The number of carbonyl (C=O) groups is 1. The molecule has 0 aliphatic carbocycles. The van der Waals surface area contributed by atoms with Crippen LogP contribution >= 0.6 is 0 Å². The first-order chi connectivity index (χ1) is 9.15. The summed E-state index contributed by atoms with van der Waals surface area (Å²) in [7, 11) is 0. The van der Waals surface area contributed by atoms with Gasteiger partial charge in [0, 0.05) is 17.7 Å².